The summed E-state index contributed by atoms with van der Waals surface area (Å²) in [4.78, 5) is 13.8. The summed E-state index contributed by atoms with van der Waals surface area (Å²) >= 11 is 0. The van der Waals surface area contributed by atoms with Crippen molar-refractivity contribution in [3.8, 4) is 35.8 Å². The smallest absolute Gasteiger partial charge is 0.406 e. The van der Waals surface area contributed by atoms with Gasteiger partial charge in [0.15, 0.2) is 11.4 Å². The van der Waals surface area contributed by atoms with E-state index in [0.717, 1.165) is 36.4 Å². The summed E-state index contributed by atoms with van der Waals surface area (Å²) in [6, 6.07) is 28.4. The summed E-state index contributed by atoms with van der Waals surface area (Å²) < 4.78 is 100. The number of hydrogen-bond acceptors (Lipinski definition) is 6. The van der Waals surface area contributed by atoms with Crippen molar-refractivity contribution in [3.63, 3.8) is 0 Å². The van der Waals surface area contributed by atoms with Gasteiger partial charge in [-0.15, -0.1) is 26.3 Å². The van der Waals surface area contributed by atoms with Gasteiger partial charge in [0.1, 0.15) is 23.6 Å². The summed E-state index contributed by atoms with van der Waals surface area (Å²) in [5.41, 5.74) is -9.91. The molecule has 0 saturated carbocycles. The topological polar surface area (TPSA) is 131 Å². The third kappa shape index (κ3) is 7.36. The lowest BCUT2D eigenvalue weighted by atomic mass is 9.86. The summed E-state index contributed by atoms with van der Waals surface area (Å²) in [6.45, 7) is 32.1. The lowest BCUT2D eigenvalue weighted by Crippen LogP contribution is -2.22. The normalized spacial score (nSPS) is 14.2. The van der Waals surface area contributed by atoms with Crippen LogP contribution in [0, 0.1) is 71.6 Å². The predicted molar refractivity (Wildman–Crippen MR) is 219 cm³/mol. The van der Waals surface area contributed by atoms with Crippen LogP contribution in [0.25, 0.3) is 64.2 Å². The SMILES string of the molecule is [C-]#[N+]C1=C(c2ccccc2)/C(=C(/C#N)c2cc([N+]#[C-])cc([N+]#[C-])c2)c2c(OC(F)(F)F)c3c(c(OC(F)(F)F)c21)/C(=C(\[N+]#[C-])c1cc(C#N)cc(C#N)c1)C(c1ccccc1)=C3C#N. The molecule has 5 aromatic rings. The highest BCUT2D eigenvalue weighted by Gasteiger charge is 2.49. The van der Waals surface area contributed by atoms with Crippen LogP contribution >= 0.6 is 0 Å². The molecule has 0 bridgehead atoms. The minimum absolute atomic E-state index is 0.00134. The third-order valence-electron chi connectivity index (χ3n) is 9.79. The van der Waals surface area contributed by atoms with Gasteiger partial charge in [-0.05, 0) is 51.6 Å². The number of rotatable bonds is 6. The van der Waals surface area contributed by atoms with Crippen molar-refractivity contribution in [2.45, 2.75) is 12.7 Å². The lowest BCUT2D eigenvalue weighted by Gasteiger charge is -2.24. The number of alkyl halides is 6. The average molecular weight is 851 g/mol. The Labute approximate surface area is 359 Å². The molecule has 0 unspecified atom stereocenters. The highest BCUT2D eigenvalue weighted by atomic mass is 19.4. The van der Waals surface area contributed by atoms with E-state index in [0.29, 0.717) is 0 Å². The fourth-order valence-corrected chi connectivity index (χ4v) is 7.61. The summed E-state index contributed by atoms with van der Waals surface area (Å²) in [6.07, 6.45) is -11.4. The van der Waals surface area contributed by atoms with Crippen LogP contribution in [0.3, 0.4) is 0 Å². The second kappa shape index (κ2) is 16.3. The van der Waals surface area contributed by atoms with Gasteiger partial charge in [0.05, 0.1) is 60.7 Å². The predicted octanol–water partition coefficient (Wildman–Crippen LogP) is 12.8. The molecule has 0 aromatic heterocycles. The van der Waals surface area contributed by atoms with E-state index < -0.39 is 80.2 Å². The lowest BCUT2D eigenvalue weighted by molar-refractivity contribution is -0.277. The van der Waals surface area contributed by atoms with E-state index >= 15 is 26.3 Å². The second-order valence-corrected chi connectivity index (χ2v) is 13.4. The first kappa shape index (κ1) is 42.3. The molecule has 0 N–H and O–H groups in total. The van der Waals surface area contributed by atoms with Gasteiger partial charge in [-0.25, -0.2) is 19.4 Å². The van der Waals surface area contributed by atoms with E-state index in [2.05, 4.69) is 19.4 Å². The molecular weight excluding hydrogens is 835 g/mol. The van der Waals surface area contributed by atoms with Crippen molar-refractivity contribution < 1.29 is 35.8 Å². The maximum absolute atomic E-state index is 15.1. The van der Waals surface area contributed by atoms with Gasteiger partial charge < -0.3 is 9.47 Å². The Balaban J connectivity index is 1.86. The largest absolute Gasteiger partial charge is 0.573 e. The second-order valence-electron chi connectivity index (χ2n) is 13.4. The minimum Gasteiger partial charge on any atom is -0.406 e. The maximum Gasteiger partial charge on any atom is 0.573 e. The zero-order valence-corrected chi connectivity index (χ0v) is 31.9. The van der Waals surface area contributed by atoms with Crippen LogP contribution in [0.4, 0.5) is 37.7 Å². The molecule has 16 heteroatoms. The Morgan fingerprint density at radius 1 is 0.531 bits per heavy atom. The standard InChI is InChI=1S/C48H16F6N8O2/c1-59-31-18-29(19-32(20-31)60-2)33(23-57)37-36(28-13-9-6-10-14-28)44(62-4)42-40(37)45(63-47(49,50)51)38-34(24-58)35(27-11-7-5-8-12-27)39(41(38)46(42)64-48(52,53)54)43(61-3)30-16-25(21-55)15-26(17-30)22-56/h5-20H/b37-33+,43-39-. The Morgan fingerprint density at radius 3 is 1.47 bits per heavy atom. The number of halogens is 6. The molecule has 0 heterocycles. The first-order valence-electron chi connectivity index (χ1n) is 17.9. The van der Waals surface area contributed by atoms with Crippen LogP contribution in [-0.4, -0.2) is 12.7 Å². The van der Waals surface area contributed by atoms with Crippen LogP contribution < -0.4 is 9.47 Å². The molecule has 7 rings (SSSR count). The Hall–Kier alpha value is -9.84. The molecule has 302 valence electrons. The fraction of sp³-hybridized carbons (Fsp3) is 0.0417. The van der Waals surface area contributed by atoms with Crippen LogP contribution in [0.2, 0.25) is 0 Å². The third-order valence-corrected chi connectivity index (χ3v) is 9.79. The van der Waals surface area contributed by atoms with Gasteiger partial charge >= 0.3 is 12.7 Å². The van der Waals surface area contributed by atoms with Crippen LogP contribution in [0.1, 0.15) is 55.6 Å². The quantitative estimate of drug-likeness (QED) is 0.0949. The van der Waals surface area contributed by atoms with Crippen LogP contribution in [0.5, 0.6) is 11.5 Å². The molecular formula is C48H16F6N8O2. The van der Waals surface area contributed by atoms with Crippen molar-refractivity contribution in [2.75, 3.05) is 0 Å². The maximum atomic E-state index is 15.1. The number of allylic oxidation sites excluding steroid dienone is 6. The highest BCUT2D eigenvalue weighted by molar-refractivity contribution is 6.36. The van der Waals surface area contributed by atoms with Crippen molar-refractivity contribution in [1.82, 2.24) is 0 Å². The summed E-state index contributed by atoms with van der Waals surface area (Å²) in [5, 5.41) is 41.6. The first-order chi connectivity index (χ1) is 30.6. The summed E-state index contributed by atoms with van der Waals surface area (Å²) in [5.74, 6) is -2.72. The van der Waals surface area contributed by atoms with Crippen molar-refractivity contribution in [2.24, 2.45) is 0 Å². The zero-order chi connectivity index (χ0) is 46.1. The van der Waals surface area contributed by atoms with Gasteiger partial charge in [0, 0.05) is 33.4 Å². The molecule has 0 atom stereocenters. The van der Waals surface area contributed by atoms with Crippen LogP contribution in [0.15, 0.2) is 97.1 Å². The van der Waals surface area contributed by atoms with Crippen molar-refractivity contribution in [1.29, 1.82) is 21.0 Å². The van der Waals surface area contributed by atoms with E-state index in [1.807, 2.05) is 18.2 Å². The molecule has 5 aromatic carbocycles. The molecule has 2 aliphatic rings. The van der Waals surface area contributed by atoms with Crippen molar-refractivity contribution >= 4 is 56.2 Å². The number of nitriles is 4. The number of ether oxygens (including phenoxy) is 2. The molecule has 0 radical (unpaired) electrons. The first-order valence-corrected chi connectivity index (χ1v) is 17.9. The molecule has 0 amide bonds. The van der Waals surface area contributed by atoms with Gasteiger partial charge in [-0.2, -0.15) is 21.0 Å². The molecule has 0 fully saturated rings. The molecule has 0 saturated heterocycles. The van der Waals surface area contributed by atoms with Gasteiger partial charge in [-0.3, -0.25) is 0 Å². The van der Waals surface area contributed by atoms with E-state index in [4.69, 9.17) is 35.8 Å². The fourth-order valence-electron chi connectivity index (χ4n) is 7.61. The zero-order valence-electron chi connectivity index (χ0n) is 31.9. The molecule has 64 heavy (non-hydrogen) atoms. The number of benzene rings is 5. The highest BCUT2D eigenvalue weighted by Crippen LogP contribution is 2.65. The average Bonchev–Trinajstić information content (AvgIpc) is 3.81. The van der Waals surface area contributed by atoms with E-state index in [9.17, 15) is 21.0 Å². The number of hydrogen-bond donors (Lipinski definition) is 0. The minimum atomic E-state index is -5.70. The van der Waals surface area contributed by atoms with Crippen molar-refractivity contribution in [3.05, 3.63) is 198 Å². The molecule has 0 aliphatic heterocycles. The molecule has 10 nitrogen and oxygen atoms in total. The van der Waals surface area contributed by atoms with Gasteiger partial charge in [0.2, 0.25) is 11.4 Å². The van der Waals surface area contributed by atoms with Gasteiger partial charge in [-0.1, -0.05) is 78.9 Å². The van der Waals surface area contributed by atoms with E-state index in [1.54, 1.807) is 6.07 Å². The molecule has 0 spiro atoms. The Bertz CT molecular complexity index is 3090. The molecule has 2 aliphatic carbocycles. The van der Waals surface area contributed by atoms with E-state index in [1.165, 1.54) is 60.7 Å². The Morgan fingerprint density at radius 2 is 1.03 bits per heavy atom. The van der Waals surface area contributed by atoms with E-state index in [-0.39, 0.29) is 55.9 Å². The number of nitrogens with zero attached hydrogens (tertiary/aromatic N) is 8. The monoisotopic (exact) mass is 850 g/mol. The summed E-state index contributed by atoms with van der Waals surface area (Å²) in [7, 11) is 0. The van der Waals surface area contributed by atoms with Gasteiger partial charge in [0.25, 0.3) is 0 Å². The Kier molecular flexibility index (Phi) is 10.8. The van der Waals surface area contributed by atoms with Crippen LogP contribution in [-0.2, 0) is 0 Å². The number of fused-ring (bicyclic) bond motifs is 2.